The van der Waals surface area contributed by atoms with Gasteiger partial charge in [0.2, 0.25) is 0 Å². The topological polar surface area (TPSA) is 81.1 Å². The lowest BCUT2D eigenvalue weighted by atomic mass is 10.1. The molecule has 2 unspecified atom stereocenters. The van der Waals surface area contributed by atoms with Gasteiger partial charge in [0, 0.05) is 12.6 Å². The first kappa shape index (κ1) is 11.7. The molecule has 0 aliphatic heterocycles. The fourth-order valence-electron chi connectivity index (χ4n) is 1.56. The number of hydrogen-bond donors (Lipinski definition) is 2. The van der Waals surface area contributed by atoms with E-state index in [9.17, 15) is 4.79 Å². The van der Waals surface area contributed by atoms with Crippen LogP contribution < -0.4 is 5.73 Å². The third kappa shape index (κ3) is 2.36. The summed E-state index contributed by atoms with van der Waals surface area (Å²) in [7, 11) is 0. The molecule has 1 aromatic rings. The lowest BCUT2D eigenvalue weighted by molar-refractivity contribution is -0.139. The minimum atomic E-state index is -0.990. The molecule has 0 amide bonds. The van der Waals surface area contributed by atoms with Gasteiger partial charge >= 0.3 is 5.97 Å². The van der Waals surface area contributed by atoms with Crippen LogP contribution in [0.15, 0.2) is 6.20 Å². The van der Waals surface area contributed by atoms with E-state index in [1.807, 2.05) is 24.6 Å². The summed E-state index contributed by atoms with van der Waals surface area (Å²) in [5.74, 6) is -0.118. The first-order valence-corrected chi connectivity index (χ1v) is 5.00. The van der Waals surface area contributed by atoms with E-state index in [2.05, 4.69) is 4.98 Å². The molecule has 0 aromatic carbocycles. The first-order valence-electron chi connectivity index (χ1n) is 5.00. The molecular formula is C10H17N3O2. The quantitative estimate of drug-likeness (QED) is 0.769. The molecule has 15 heavy (non-hydrogen) atoms. The summed E-state index contributed by atoms with van der Waals surface area (Å²) >= 11 is 0. The number of rotatable bonds is 4. The number of carboxylic acids is 1. The maximum absolute atomic E-state index is 10.8. The van der Waals surface area contributed by atoms with Crippen LogP contribution in [0.25, 0.3) is 0 Å². The van der Waals surface area contributed by atoms with Gasteiger partial charge in [-0.15, -0.1) is 0 Å². The number of imidazole rings is 1. The molecule has 2 atom stereocenters. The Labute approximate surface area is 88.9 Å². The molecule has 0 fully saturated rings. The van der Waals surface area contributed by atoms with E-state index in [-0.39, 0.29) is 6.04 Å². The van der Waals surface area contributed by atoms with Crippen molar-refractivity contribution in [2.45, 2.75) is 39.3 Å². The van der Waals surface area contributed by atoms with Crippen LogP contribution in [0, 0.1) is 6.92 Å². The van der Waals surface area contributed by atoms with Gasteiger partial charge in [0.15, 0.2) is 0 Å². The average Bonchev–Trinajstić information content (AvgIpc) is 2.57. The fraction of sp³-hybridized carbons (Fsp3) is 0.600. The predicted octanol–water partition coefficient (Wildman–Crippen LogP) is 0.727. The van der Waals surface area contributed by atoms with Gasteiger partial charge in [-0.3, -0.25) is 4.79 Å². The molecule has 3 N–H and O–H groups in total. The lowest BCUT2D eigenvalue weighted by Crippen LogP contribution is -2.38. The van der Waals surface area contributed by atoms with Crippen molar-refractivity contribution in [3.05, 3.63) is 17.7 Å². The summed E-state index contributed by atoms with van der Waals surface area (Å²) in [6.07, 6.45) is 2.61. The van der Waals surface area contributed by atoms with Crippen LogP contribution in [0.2, 0.25) is 0 Å². The Bertz CT molecular complexity index is 360. The van der Waals surface area contributed by atoms with Crippen LogP contribution >= 0.6 is 0 Å². The van der Waals surface area contributed by atoms with Crippen LogP contribution in [0.4, 0.5) is 0 Å². The minimum Gasteiger partial charge on any atom is -0.480 e. The number of aliphatic carboxylic acids is 1. The van der Waals surface area contributed by atoms with E-state index in [1.54, 1.807) is 6.92 Å². The molecular weight excluding hydrogens is 194 g/mol. The van der Waals surface area contributed by atoms with Crippen molar-refractivity contribution >= 4 is 5.97 Å². The number of hydrogen-bond acceptors (Lipinski definition) is 3. The Hall–Kier alpha value is -1.36. The number of aromatic nitrogens is 2. The van der Waals surface area contributed by atoms with Crippen molar-refractivity contribution in [2.24, 2.45) is 5.73 Å². The number of aryl methyl sites for hydroxylation is 2. The average molecular weight is 211 g/mol. The van der Waals surface area contributed by atoms with Crippen LogP contribution in [-0.4, -0.2) is 26.7 Å². The van der Waals surface area contributed by atoms with E-state index in [1.165, 1.54) is 0 Å². The fourth-order valence-corrected chi connectivity index (χ4v) is 1.56. The van der Waals surface area contributed by atoms with Gasteiger partial charge in [0.05, 0.1) is 11.7 Å². The summed E-state index contributed by atoms with van der Waals surface area (Å²) in [6.45, 7) is 5.66. The second kappa shape index (κ2) is 4.44. The van der Waals surface area contributed by atoms with E-state index in [0.717, 1.165) is 17.9 Å². The molecule has 0 aliphatic rings. The SMILES string of the molecule is CCc1nc(C)cn1C(C)C(N)C(=O)O. The standard InChI is InChI=1S/C10H17N3O2/c1-4-8-12-6(2)5-13(8)7(3)9(11)10(14)15/h5,7,9H,4,11H2,1-3H3,(H,14,15). The van der Waals surface area contributed by atoms with E-state index < -0.39 is 12.0 Å². The molecule has 5 nitrogen and oxygen atoms in total. The zero-order valence-corrected chi connectivity index (χ0v) is 9.27. The van der Waals surface area contributed by atoms with Crippen LogP contribution in [0.5, 0.6) is 0 Å². The minimum absolute atomic E-state index is 0.279. The number of carboxylic acid groups (broad SMARTS) is 1. The molecule has 1 rings (SSSR count). The van der Waals surface area contributed by atoms with Gasteiger partial charge in [-0.25, -0.2) is 4.98 Å². The zero-order chi connectivity index (χ0) is 11.6. The Kier molecular flexibility index (Phi) is 3.47. The van der Waals surface area contributed by atoms with Crippen LogP contribution in [0.3, 0.4) is 0 Å². The Morgan fingerprint density at radius 3 is 2.80 bits per heavy atom. The van der Waals surface area contributed by atoms with E-state index in [0.29, 0.717) is 0 Å². The van der Waals surface area contributed by atoms with Crippen molar-refractivity contribution in [1.29, 1.82) is 0 Å². The van der Waals surface area contributed by atoms with E-state index >= 15 is 0 Å². The van der Waals surface area contributed by atoms with Gasteiger partial charge < -0.3 is 15.4 Å². The summed E-state index contributed by atoms with van der Waals surface area (Å²) in [5, 5.41) is 8.83. The third-order valence-electron chi connectivity index (χ3n) is 2.49. The van der Waals surface area contributed by atoms with Gasteiger partial charge in [-0.05, 0) is 13.8 Å². The van der Waals surface area contributed by atoms with Crippen molar-refractivity contribution in [1.82, 2.24) is 9.55 Å². The Balaban J connectivity index is 2.99. The maximum atomic E-state index is 10.8. The number of nitrogens with zero attached hydrogens (tertiary/aromatic N) is 2. The molecule has 0 bridgehead atoms. The molecule has 0 spiro atoms. The molecule has 0 saturated heterocycles. The molecule has 1 aromatic heterocycles. The normalized spacial score (nSPS) is 14.9. The smallest absolute Gasteiger partial charge is 0.322 e. The van der Waals surface area contributed by atoms with Crippen molar-refractivity contribution in [2.75, 3.05) is 0 Å². The molecule has 0 saturated carbocycles. The largest absolute Gasteiger partial charge is 0.480 e. The van der Waals surface area contributed by atoms with Crippen LogP contribution in [-0.2, 0) is 11.2 Å². The van der Waals surface area contributed by atoms with Gasteiger partial charge in [-0.2, -0.15) is 0 Å². The van der Waals surface area contributed by atoms with Crippen LogP contribution in [0.1, 0.15) is 31.4 Å². The van der Waals surface area contributed by atoms with Crippen molar-refractivity contribution in [3.8, 4) is 0 Å². The molecule has 0 aliphatic carbocycles. The predicted molar refractivity (Wildman–Crippen MR) is 56.7 cm³/mol. The van der Waals surface area contributed by atoms with Gasteiger partial charge in [-0.1, -0.05) is 6.92 Å². The van der Waals surface area contributed by atoms with Crippen molar-refractivity contribution < 1.29 is 9.90 Å². The highest BCUT2D eigenvalue weighted by Crippen LogP contribution is 2.14. The van der Waals surface area contributed by atoms with Crippen molar-refractivity contribution in [3.63, 3.8) is 0 Å². The molecule has 5 heteroatoms. The molecule has 84 valence electrons. The summed E-state index contributed by atoms with van der Waals surface area (Å²) < 4.78 is 1.84. The summed E-state index contributed by atoms with van der Waals surface area (Å²) in [5.41, 5.74) is 6.46. The molecule has 0 radical (unpaired) electrons. The Morgan fingerprint density at radius 2 is 2.33 bits per heavy atom. The number of nitrogens with two attached hydrogens (primary N) is 1. The molecule has 1 heterocycles. The second-order valence-corrected chi connectivity index (χ2v) is 3.66. The highest BCUT2D eigenvalue weighted by molar-refractivity contribution is 5.73. The second-order valence-electron chi connectivity index (χ2n) is 3.66. The lowest BCUT2D eigenvalue weighted by Gasteiger charge is -2.19. The van der Waals surface area contributed by atoms with E-state index in [4.69, 9.17) is 10.8 Å². The summed E-state index contributed by atoms with van der Waals surface area (Å²) in [6, 6.07) is -1.18. The van der Waals surface area contributed by atoms with Gasteiger partial charge in [0.1, 0.15) is 11.9 Å². The zero-order valence-electron chi connectivity index (χ0n) is 9.27. The van der Waals surface area contributed by atoms with Gasteiger partial charge in [0.25, 0.3) is 0 Å². The first-order chi connectivity index (χ1) is 6.97. The Morgan fingerprint density at radius 1 is 1.73 bits per heavy atom. The third-order valence-corrected chi connectivity index (χ3v) is 2.49. The maximum Gasteiger partial charge on any atom is 0.322 e. The highest BCUT2D eigenvalue weighted by atomic mass is 16.4. The highest BCUT2D eigenvalue weighted by Gasteiger charge is 2.23. The monoisotopic (exact) mass is 211 g/mol. The summed E-state index contributed by atoms with van der Waals surface area (Å²) in [4.78, 5) is 15.1. The number of carbonyl (C=O) groups is 1.